The Balaban J connectivity index is 1.84. The van der Waals surface area contributed by atoms with Gasteiger partial charge in [-0.25, -0.2) is 0 Å². The number of nitrogens with two attached hydrogens (primary N) is 1. The molecule has 2 rings (SSSR count). The maximum Gasteiger partial charge on any atom is 0.306 e. The molecule has 6 nitrogen and oxygen atoms in total. The molecule has 1 aromatic carbocycles. The highest BCUT2D eigenvalue weighted by atomic mass is 16.6. The zero-order valence-electron chi connectivity index (χ0n) is 9.82. The zero-order chi connectivity index (χ0) is 13.0. The molecule has 0 aliphatic heterocycles. The van der Waals surface area contributed by atoms with E-state index in [1.54, 1.807) is 4.68 Å². The van der Waals surface area contributed by atoms with Crippen LogP contribution < -0.4 is 5.73 Å². The van der Waals surface area contributed by atoms with Crippen LogP contribution in [0.2, 0.25) is 0 Å². The molecular weight excluding hydrogens is 232 g/mol. The van der Waals surface area contributed by atoms with Gasteiger partial charge in [0, 0.05) is 12.2 Å². The Morgan fingerprint density at radius 2 is 2.06 bits per heavy atom. The van der Waals surface area contributed by atoms with Crippen molar-refractivity contribution in [1.82, 2.24) is 9.78 Å². The number of aryl methyl sites for hydroxylation is 2. The van der Waals surface area contributed by atoms with Crippen LogP contribution in [0.25, 0.3) is 0 Å². The first-order valence-corrected chi connectivity index (χ1v) is 5.66. The molecule has 0 saturated carbocycles. The van der Waals surface area contributed by atoms with Gasteiger partial charge in [-0.1, -0.05) is 12.1 Å². The maximum absolute atomic E-state index is 10.5. The van der Waals surface area contributed by atoms with Gasteiger partial charge in [0.05, 0.1) is 4.92 Å². The van der Waals surface area contributed by atoms with Gasteiger partial charge in [0.15, 0.2) is 0 Å². The highest BCUT2D eigenvalue weighted by Gasteiger charge is 2.07. The Morgan fingerprint density at radius 1 is 1.33 bits per heavy atom. The SMILES string of the molecule is Nc1ccc(CCCn2cc([N+](=O)[O-])cn2)cc1. The van der Waals surface area contributed by atoms with Crippen molar-refractivity contribution in [3.8, 4) is 0 Å². The first kappa shape index (κ1) is 12.1. The summed E-state index contributed by atoms with van der Waals surface area (Å²) in [5.41, 5.74) is 7.58. The maximum atomic E-state index is 10.5. The summed E-state index contributed by atoms with van der Waals surface area (Å²) in [5, 5.41) is 14.4. The van der Waals surface area contributed by atoms with E-state index in [2.05, 4.69) is 5.10 Å². The van der Waals surface area contributed by atoms with Crippen molar-refractivity contribution >= 4 is 11.4 Å². The number of benzene rings is 1. The second-order valence-corrected chi connectivity index (χ2v) is 4.06. The third kappa shape index (κ3) is 3.07. The molecule has 0 atom stereocenters. The number of nitrogen functional groups attached to an aromatic ring is 1. The summed E-state index contributed by atoms with van der Waals surface area (Å²) in [6.07, 6.45) is 4.49. The number of rotatable bonds is 5. The number of anilines is 1. The van der Waals surface area contributed by atoms with Gasteiger partial charge in [-0.2, -0.15) is 5.10 Å². The topological polar surface area (TPSA) is 87.0 Å². The predicted octanol–water partition coefficient (Wildman–Crippen LogP) is 2.01. The number of nitro groups is 1. The first-order valence-electron chi connectivity index (χ1n) is 5.66. The van der Waals surface area contributed by atoms with Crippen LogP contribution in [-0.4, -0.2) is 14.7 Å². The third-order valence-electron chi connectivity index (χ3n) is 2.66. The van der Waals surface area contributed by atoms with Crippen molar-refractivity contribution in [2.45, 2.75) is 19.4 Å². The van der Waals surface area contributed by atoms with Gasteiger partial charge >= 0.3 is 5.69 Å². The molecule has 0 spiro atoms. The average Bonchev–Trinajstić information content (AvgIpc) is 2.81. The Labute approximate surface area is 104 Å². The first-order chi connectivity index (χ1) is 8.65. The van der Waals surface area contributed by atoms with Gasteiger partial charge in [0.25, 0.3) is 0 Å². The minimum atomic E-state index is -0.441. The van der Waals surface area contributed by atoms with Crippen molar-refractivity contribution in [3.05, 3.63) is 52.3 Å². The second kappa shape index (κ2) is 5.31. The van der Waals surface area contributed by atoms with Gasteiger partial charge < -0.3 is 5.73 Å². The summed E-state index contributed by atoms with van der Waals surface area (Å²) >= 11 is 0. The minimum Gasteiger partial charge on any atom is -0.399 e. The van der Waals surface area contributed by atoms with Crippen molar-refractivity contribution in [1.29, 1.82) is 0 Å². The summed E-state index contributed by atoms with van der Waals surface area (Å²) < 4.78 is 1.59. The molecule has 0 unspecified atom stereocenters. The molecule has 94 valence electrons. The normalized spacial score (nSPS) is 10.4. The Morgan fingerprint density at radius 3 is 2.67 bits per heavy atom. The lowest BCUT2D eigenvalue weighted by Gasteiger charge is -2.02. The summed E-state index contributed by atoms with van der Waals surface area (Å²) in [5.74, 6) is 0. The van der Waals surface area contributed by atoms with Gasteiger partial charge in [-0.05, 0) is 30.5 Å². The molecule has 6 heteroatoms. The molecule has 0 fully saturated rings. The Hall–Kier alpha value is -2.37. The highest BCUT2D eigenvalue weighted by molar-refractivity contribution is 5.39. The van der Waals surface area contributed by atoms with Gasteiger partial charge in [0.2, 0.25) is 0 Å². The van der Waals surface area contributed by atoms with Crippen LogP contribution in [0.1, 0.15) is 12.0 Å². The Kier molecular flexibility index (Phi) is 3.57. The fourth-order valence-electron chi connectivity index (χ4n) is 1.70. The van der Waals surface area contributed by atoms with Gasteiger partial charge in [-0.15, -0.1) is 0 Å². The van der Waals surface area contributed by atoms with Gasteiger partial charge in [0.1, 0.15) is 12.4 Å². The van der Waals surface area contributed by atoms with E-state index in [9.17, 15) is 10.1 Å². The van der Waals surface area contributed by atoms with Crippen LogP contribution >= 0.6 is 0 Å². The number of hydrogen-bond acceptors (Lipinski definition) is 4. The lowest BCUT2D eigenvalue weighted by molar-refractivity contribution is -0.385. The van der Waals surface area contributed by atoms with Crippen LogP contribution in [-0.2, 0) is 13.0 Å². The molecule has 0 bridgehead atoms. The van der Waals surface area contributed by atoms with E-state index in [0.717, 1.165) is 18.5 Å². The predicted molar refractivity (Wildman–Crippen MR) is 68.1 cm³/mol. The summed E-state index contributed by atoms with van der Waals surface area (Å²) in [7, 11) is 0. The van der Waals surface area contributed by atoms with Crippen molar-refractivity contribution in [3.63, 3.8) is 0 Å². The summed E-state index contributed by atoms with van der Waals surface area (Å²) in [6.45, 7) is 0.665. The largest absolute Gasteiger partial charge is 0.399 e. The monoisotopic (exact) mass is 246 g/mol. The second-order valence-electron chi connectivity index (χ2n) is 4.06. The van der Waals surface area contributed by atoms with Crippen molar-refractivity contribution < 1.29 is 4.92 Å². The van der Waals surface area contributed by atoms with Crippen molar-refractivity contribution in [2.75, 3.05) is 5.73 Å². The van der Waals surface area contributed by atoms with Gasteiger partial charge in [-0.3, -0.25) is 14.8 Å². The quantitative estimate of drug-likeness (QED) is 0.496. The molecule has 0 radical (unpaired) electrons. The van der Waals surface area contributed by atoms with E-state index < -0.39 is 4.92 Å². The average molecular weight is 246 g/mol. The minimum absolute atomic E-state index is 0.0301. The highest BCUT2D eigenvalue weighted by Crippen LogP contribution is 2.10. The Bertz CT molecular complexity index is 533. The zero-order valence-corrected chi connectivity index (χ0v) is 9.82. The molecule has 2 N–H and O–H groups in total. The van der Waals surface area contributed by atoms with Crippen LogP contribution in [0.15, 0.2) is 36.7 Å². The van der Waals surface area contributed by atoms with Crippen LogP contribution in [0.3, 0.4) is 0 Å². The van der Waals surface area contributed by atoms with E-state index in [1.807, 2.05) is 24.3 Å². The summed E-state index contributed by atoms with van der Waals surface area (Å²) in [6, 6.07) is 7.71. The summed E-state index contributed by atoms with van der Waals surface area (Å²) in [4.78, 5) is 10.0. The fraction of sp³-hybridized carbons (Fsp3) is 0.250. The van der Waals surface area contributed by atoms with Crippen LogP contribution in [0.4, 0.5) is 11.4 Å². The fourth-order valence-corrected chi connectivity index (χ4v) is 1.70. The van der Waals surface area contributed by atoms with E-state index in [0.29, 0.717) is 6.54 Å². The molecule has 0 amide bonds. The molecule has 0 aliphatic carbocycles. The number of hydrogen-bond donors (Lipinski definition) is 1. The number of nitrogens with zero attached hydrogens (tertiary/aromatic N) is 3. The van der Waals surface area contributed by atoms with Crippen LogP contribution in [0, 0.1) is 10.1 Å². The molecule has 18 heavy (non-hydrogen) atoms. The van der Waals surface area contributed by atoms with E-state index in [-0.39, 0.29) is 5.69 Å². The van der Waals surface area contributed by atoms with Crippen LogP contribution in [0.5, 0.6) is 0 Å². The smallest absolute Gasteiger partial charge is 0.306 e. The molecule has 0 aliphatic rings. The number of aromatic nitrogens is 2. The molecule has 2 aromatic rings. The lowest BCUT2D eigenvalue weighted by atomic mass is 10.1. The molecule has 1 aromatic heterocycles. The van der Waals surface area contributed by atoms with Crippen molar-refractivity contribution in [2.24, 2.45) is 0 Å². The van der Waals surface area contributed by atoms with E-state index in [4.69, 9.17) is 5.73 Å². The lowest BCUT2D eigenvalue weighted by Crippen LogP contribution is -2.00. The third-order valence-corrected chi connectivity index (χ3v) is 2.66. The van der Waals surface area contributed by atoms with E-state index in [1.165, 1.54) is 18.0 Å². The molecule has 1 heterocycles. The standard InChI is InChI=1S/C12H14N4O2/c13-11-5-3-10(4-6-11)2-1-7-15-9-12(8-14-15)16(17)18/h3-6,8-9H,1-2,7,13H2. The molecular formula is C12H14N4O2. The van der Waals surface area contributed by atoms with E-state index >= 15 is 0 Å². The molecule has 0 saturated heterocycles.